The number of nitrogens with zero attached hydrogens (tertiary/aromatic N) is 2. The molecule has 1 atom stereocenters. The van der Waals surface area contributed by atoms with Crippen LogP contribution in [0.3, 0.4) is 0 Å². The number of hydrogen-bond acceptors (Lipinski definition) is 1. The molecule has 0 amide bonds. The second-order valence-corrected chi connectivity index (χ2v) is 7.48. The number of imidazole rings is 1. The fourth-order valence-corrected chi connectivity index (χ4v) is 3.21. The molecule has 2 aromatic carbocycles. The van der Waals surface area contributed by atoms with Crippen LogP contribution >= 0.6 is 55.1 Å². The van der Waals surface area contributed by atoms with Crippen LogP contribution in [0.2, 0.25) is 5.02 Å². The van der Waals surface area contributed by atoms with Crippen LogP contribution in [0.4, 0.5) is 0 Å². The van der Waals surface area contributed by atoms with E-state index >= 15 is 0 Å². The lowest BCUT2D eigenvalue weighted by Gasteiger charge is -2.11. The van der Waals surface area contributed by atoms with Gasteiger partial charge in [-0.1, -0.05) is 27.5 Å². The third kappa shape index (κ3) is 2.87. The number of fused-ring (bicyclic) bond motifs is 1. The zero-order chi connectivity index (χ0) is 15.1. The van der Waals surface area contributed by atoms with Crippen molar-refractivity contribution in [3.63, 3.8) is 0 Å². The minimum atomic E-state index is -0.203. The minimum Gasteiger partial charge on any atom is -0.295 e. The van der Waals surface area contributed by atoms with E-state index in [1.54, 1.807) is 0 Å². The molecule has 0 bridgehead atoms. The topological polar surface area (TPSA) is 17.8 Å². The Morgan fingerprint density at radius 3 is 2.57 bits per heavy atom. The van der Waals surface area contributed by atoms with E-state index < -0.39 is 0 Å². The maximum absolute atomic E-state index is 6.31. The van der Waals surface area contributed by atoms with Gasteiger partial charge in [-0.25, -0.2) is 4.98 Å². The van der Waals surface area contributed by atoms with Gasteiger partial charge in [-0.2, -0.15) is 0 Å². The van der Waals surface area contributed by atoms with Gasteiger partial charge in [0.05, 0.1) is 21.4 Å². The van der Waals surface area contributed by atoms with Gasteiger partial charge in [0.2, 0.25) is 0 Å². The molecule has 0 spiro atoms. The molecular weight excluding hydrogens is 439 g/mol. The van der Waals surface area contributed by atoms with Crippen molar-refractivity contribution >= 4 is 66.1 Å². The standard InChI is InChI=1S/C15H10Br2Cl2N2/c1-8(18)15-20-13-6-9(16)2-5-14(13)21(15)10-3-4-12(19)11(17)7-10/h2-8H,1H3. The first kappa shape index (κ1) is 15.3. The highest BCUT2D eigenvalue weighted by molar-refractivity contribution is 9.10. The van der Waals surface area contributed by atoms with Crippen LogP contribution < -0.4 is 0 Å². The van der Waals surface area contributed by atoms with Crippen molar-refractivity contribution in [3.05, 3.63) is 56.2 Å². The molecule has 108 valence electrons. The van der Waals surface area contributed by atoms with E-state index in [1.807, 2.05) is 43.3 Å². The first-order chi connectivity index (χ1) is 9.97. The number of aromatic nitrogens is 2. The van der Waals surface area contributed by atoms with Crippen molar-refractivity contribution in [1.29, 1.82) is 0 Å². The number of hydrogen-bond donors (Lipinski definition) is 0. The number of alkyl halides is 1. The van der Waals surface area contributed by atoms with Gasteiger partial charge in [-0.3, -0.25) is 4.57 Å². The highest BCUT2D eigenvalue weighted by atomic mass is 79.9. The maximum Gasteiger partial charge on any atom is 0.132 e. The van der Waals surface area contributed by atoms with Crippen LogP contribution in [0, 0.1) is 0 Å². The van der Waals surface area contributed by atoms with Gasteiger partial charge in [0.15, 0.2) is 0 Å². The Balaban J connectivity index is 2.33. The van der Waals surface area contributed by atoms with E-state index in [9.17, 15) is 0 Å². The monoisotopic (exact) mass is 446 g/mol. The molecule has 0 saturated heterocycles. The zero-order valence-corrected chi connectivity index (χ0v) is 15.6. The molecule has 0 N–H and O–H groups in total. The van der Waals surface area contributed by atoms with E-state index in [-0.39, 0.29) is 5.38 Å². The van der Waals surface area contributed by atoms with Crippen molar-refractivity contribution in [2.24, 2.45) is 0 Å². The van der Waals surface area contributed by atoms with Crippen molar-refractivity contribution in [2.75, 3.05) is 0 Å². The van der Waals surface area contributed by atoms with E-state index in [0.29, 0.717) is 5.02 Å². The van der Waals surface area contributed by atoms with E-state index in [2.05, 4.69) is 41.4 Å². The molecule has 0 aliphatic heterocycles. The lowest BCUT2D eigenvalue weighted by atomic mass is 10.2. The summed E-state index contributed by atoms with van der Waals surface area (Å²) in [5.41, 5.74) is 2.88. The molecule has 3 aromatic rings. The first-order valence-corrected chi connectivity index (χ1v) is 8.65. The molecule has 21 heavy (non-hydrogen) atoms. The summed E-state index contributed by atoms with van der Waals surface area (Å²) in [5.74, 6) is 0.805. The Morgan fingerprint density at radius 1 is 1.14 bits per heavy atom. The highest BCUT2D eigenvalue weighted by Crippen LogP contribution is 2.32. The smallest absolute Gasteiger partial charge is 0.132 e. The Morgan fingerprint density at radius 2 is 1.90 bits per heavy atom. The SMILES string of the molecule is CC(Cl)c1nc2cc(Br)ccc2n1-c1ccc(Cl)c(Br)c1. The molecule has 0 radical (unpaired) electrons. The summed E-state index contributed by atoms with van der Waals surface area (Å²) in [5, 5.41) is 0.469. The summed E-state index contributed by atoms with van der Waals surface area (Å²) >= 11 is 19.3. The van der Waals surface area contributed by atoms with Gasteiger partial charge in [0.25, 0.3) is 0 Å². The third-order valence-electron chi connectivity index (χ3n) is 3.16. The average molecular weight is 449 g/mol. The molecule has 1 unspecified atom stereocenters. The van der Waals surface area contributed by atoms with Crippen molar-refractivity contribution in [1.82, 2.24) is 9.55 Å². The van der Waals surface area contributed by atoms with Gasteiger partial charge >= 0.3 is 0 Å². The molecule has 0 saturated carbocycles. The summed E-state index contributed by atoms with van der Waals surface area (Å²) < 4.78 is 3.89. The van der Waals surface area contributed by atoms with Crippen LogP contribution in [0.25, 0.3) is 16.7 Å². The predicted octanol–water partition coefficient (Wildman–Crippen LogP) is 6.50. The normalized spacial score (nSPS) is 12.8. The van der Waals surface area contributed by atoms with Gasteiger partial charge in [-0.15, -0.1) is 11.6 Å². The molecule has 1 heterocycles. The molecule has 0 aliphatic rings. The summed E-state index contributed by atoms with van der Waals surface area (Å²) in [6.07, 6.45) is 0. The Labute approximate surface area is 149 Å². The first-order valence-electron chi connectivity index (χ1n) is 6.25. The number of halogens is 4. The minimum absolute atomic E-state index is 0.203. The van der Waals surface area contributed by atoms with Crippen LogP contribution in [0.1, 0.15) is 18.1 Å². The Hall–Kier alpha value is -0.550. The molecule has 3 rings (SSSR count). The average Bonchev–Trinajstić information content (AvgIpc) is 2.80. The van der Waals surface area contributed by atoms with Crippen molar-refractivity contribution in [2.45, 2.75) is 12.3 Å². The van der Waals surface area contributed by atoms with Crippen molar-refractivity contribution < 1.29 is 0 Å². The summed E-state index contributed by atoms with van der Waals surface area (Å²) in [7, 11) is 0. The molecule has 1 aromatic heterocycles. The highest BCUT2D eigenvalue weighted by Gasteiger charge is 2.17. The fourth-order valence-electron chi connectivity index (χ4n) is 2.23. The third-order valence-corrected chi connectivity index (χ3v) is 5.06. The van der Waals surface area contributed by atoms with Crippen LogP contribution in [0.5, 0.6) is 0 Å². The number of rotatable bonds is 2. The Kier molecular flexibility index (Phi) is 4.33. The largest absolute Gasteiger partial charge is 0.295 e. The van der Waals surface area contributed by atoms with Crippen LogP contribution in [-0.2, 0) is 0 Å². The molecule has 2 nitrogen and oxygen atoms in total. The van der Waals surface area contributed by atoms with E-state index in [4.69, 9.17) is 23.2 Å². The lowest BCUT2D eigenvalue weighted by molar-refractivity contribution is 0.882. The summed E-state index contributed by atoms with van der Waals surface area (Å²) in [4.78, 5) is 4.65. The number of benzene rings is 2. The zero-order valence-electron chi connectivity index (χ0n) is 10.9. The molecular formula is C15H10Br2Cl2N2. The van der Waals surface area contributed by atoms with E-state index in [0.717, 1.165) is 31.5 Å². The molecule has 0 aliphatic carbocycles. The van der Waals surface area contributed by atoms with Crippen LogP contribution in [-0.4, -0.2) is 9.55 Å². The van der Waals surface area contributed by atoms with Gasteiger partial charge in [0.1, 0.15) is 5.82 Å². The van der Waals surface area contributed by atoms with Crippen LogP contribution in [0.15, 0.2) is 45.3 Å². The lowest BCUT2D eigenvalue weighted by Crippen LogP contribution is -2.01. The predicted molar refractivity (Wildman–Crippen MR) is 95.7 cm³/mol. The maximum atomic E-state index is 6.31. The van der Waals surface area contributed by atoms with Gasteiger partial charge in [-0.05, 0) is 59.3 Å². The second-order valence-electron chi connectivity index (χ2n) is 4.65. The molecule has 0 fully saturated rings. The molecule has 6 heteroatoms. The quantitative estimate of drug-likeness (QED) is 0.409. The van der Waals surface area contributed by atoms with Gasteiger partial charge < -0.3 is 0 Å². The summed E-state index contributed by atoms with van der Waals surface area (Å²) in [6.45, 7) is 1.92. The summed E-state index contributed by atoms with van der Waals surface area (Å²) in [6, 6.07) is 11.8. The van der Waals surface area contributed by atoms with Crippen molar-refractivity contribution in [3.8, 4) is 5.69 Å². The fraction of sp³-hybridized carbons (Fsp3) is 0.133. The van der Waals surface area contributed by atoms with E-state index in [1.165, 1.54) is 0 Å². The van der Waals surface area contributed by atoms with Gasteiger partial charge in [0, 0.05) is 14.6 Å². The second kappa shape index (κ2) is 5.92. The Bertz CT molecular complexity index is 828.